The molecule has 0 aromatic heterocycles. The van der Waals surface area contributed by atoms with Crippen LogP contribution in [-0.4, -0.2) is 41.2 Å². The number of likely N-dealkylation sites (tertiary alicyclic amines) is 1. The first-order valence-electron chi connectivity index (χ1n) is 5.97. The molecule has 0 bridgehead atoms. The summed E-state index contributed by atoms with van der Waals surface area (Å²) >= 11 is 0. The van der Waals surface area contributed by atoms with Crippen molar-refractivity contribution in [1.29, 1.82) is 0 Å². The van der Waals surface area contributed by atoms with E-state index in [0.29, 0.717) is 0 Å². The van der Waals surface area contributed by atoms with Gasteiger partial charge >= 0.3 is 6.03 Å². The molecule has 2 saturated heterocycles. The Hall–Kier alpha value is -2.70. The van der Waals surface area contributed by atoms with E-state index in [4.69, 9.17) is 0 Å². The van der Waals surface area contributed by atoms with Crippen LogP contribution >= 0.6 is 0 Å². The molecule has 7 heteroatoms. The van der Waals surface area contributed by atoms with Gasteiger partial charge in [-0.2, -0.15) is 0 Å². The van der Waals surface area contributed by atoms with Gasteiger partial charge < -0.3 is 5.32 Å². The SMILES string of the molecule is C=C/C=C1/C(=O)N(C2CNC(=O)NC2=O)C(=O)/C1=C/C. The number of hydrogen-bond acceptors (Lipinski definition) is 4. The Bertz CT molecular complexity index is 588. The van der Waals surface area contributed by atoms with Gasteiger partial charge in [-0.25, -0.2) is 4.79 Å². The Morgan fingerprint density at radius 3 is 2.40 bits per heavy atom. The number of carbonyl (C=O) groups excluding carboxylic acids is 4. The molecular weight excluding hydrogens is 262 g/mol. The molecule has 1 atom stereocenters. The molecule has 2 fully saturated rings. The molecule has 20 heavy (non-hydrogen) atoms. The van der Waals surface area contributed by atoms with Crippen LogP contribution in [0.4, 0.5) is 4.79 Å². The molecule has 0 saturated carbocycles. The van der Waals surface area contributed by atoms with Crippen molar-refractivity contribution >= 4 is 23.8 Å². The Kier molecular flexibility index (Phi) is 3.51. The van der Waals surface area contributed by atoms with E-state index in [0.717, 1.165) is 4.90 Å². The molecule has 0 aromatic carbocycles. The minimum atomic E-state index is -1.04. The van der Waals surface area contributed by atoms with Crippen LogP contribution in [0, 0.1) is 0 Å². The first kappa shape index (κ1) is 13.7. The lowest BCUT2D eigenvalue weighted by Gasteiger charge is -2.28. The maximum atomic E-state index is 12.3. The van der Waals surface area contributed by atoms with Crippen molar-refractivity contribution in [3.05, 3.63) is 36.0 Å². The van der Waals surface area contributed by atoms with Crippen molar-refractivity contribution < 1.29 is 19.2 Å². The van der Waals surface area contributed by atoms with Crippen LogP contribution in [0.5, 0.6) is 0 Å². The lowest BCUT2D eigenvalue weighted by molar-refractivity contribution is -0.145. The standard InChI is InChI=1S/C13H13N3O4/c1-3-5-8-7(4-2)11(18)16(12(8)19)9-6-14-13(20)15-10(9)17/h3-5,9H,1,6H2,2H3,(H2,14,15,17,20)/b7-4+,8-5+. The van der Waals surface area contributed by atoms with Crippen molar-refractivity contribution in [2.45, 2.75) is 13.0 Å². The predicted octanol–water partition coefficient (Wildman–Crippen LogP) is -0.378. The summed E-state index contributed by atoms with van der Waals surface area (Å²) in [5.41, 5.74) is 0.414. The molecule has 0 spiro atoms. The predicted molar refractivity (Wildman–Crippen MR) is 69.2 cm³/mol. The lowest BCUT2D eigenvalue weighted by atomic mass is 10.1. The summed E-state index contributed by atoms with van der Waals surface area (Å²) < 4.78 is 0. The molecule has 2 rings (SSSR count). The van der Waals surface area contributed by atoms with E-state index in [1.54, 1.807) is 6.92 Å². The molecule has 2 heterocycles. The molecule has 7 nitrogen and oxygen atoms in total. The Labute approximate surface area is 115 Å². The van der Waals surface area contributed by atoms with Crippen molar-refractivity contribution in [3.8, 4) is 0 Å². The highest BCUT2D eigenvalue weighted by molar-refractivity contribution is 6.26. The van der Waals surface area contributed by atoms with Gasteiger partial charge in [0.25, 0.3) is 17.7 Å². The van der Waals surface area contributed by atoms with E-state index >= 15 is 0 Å². The number of urea groups is 1. The quantitative estimate of drug-likeness (QED) is 0.530. The zero-order chi connectivity index (χ0) is 14.9. The summed E-state index contributed by atoms with van der Waals surface area (Å²) in [6.07, 6.45) is 4.33. The van der Waals surface area contributed by atoms with Gasteiger partial charge in [0.1, 0.15) is 6.04 Å². The maximum Gasteiger partial charge on any atom is 0.321 e. The number of allylic oxidation sites excluding steroid dienone is 3. The minimum Gasteiger partial charge on any atom is -0.335 e. The van der Waals surface area contributed by atoms with Gasteiger partial charge in [0.2, 0.25) is 0 Å². The van der Waals surface area contributed by atoms with E-state index in [1.807, 2.05) is 5.32 Å². The zero-order valence-electron chi connectivity index (χ0n) is 10.8. The summed E-state index contributed by atoms with van der Waals surface area (Å²) in [5.74, 6) is -1.80. The summed E-state index contributed by atoms with van der Waals surface area (Å²) in [5, 5.41) is 4.42. The maximum absolute atomic E-state index is 12.3. The third kappa shape index (κ3) is 2.03. The molecule has 5 amide bonds. The fourth-order valence-electron chi connectivity index (χ4n) is 2.15. The monoisotopic (exact) mass is 275 g/mol. The van der Waals surface area contributed by atoms with Crippen molar-refractivity contribution in [2.24, 2.45) is 0 Å². The van der Waals surface area contributed by atoms with Crippen LogP contribution in [0.25, 0.3) is 0 Å². The highest BCUT2D eigenvalue weighted by atomic mass is 16.2. The molecule has 0 aromatic rings. The second kappa shape index (κ2) is 5.12. The number of nitrogens with zero attached hydrogens (tertiary/aromatic N) is 1. The Morgan fingerprint density at radius 2 is 1.85 bits per heavy atom. The average Bonchev–Trinajstić information content (AvgIpc) is 2.63. The van der Waals surface area contributed by atoms with Gasteiger partial charge in [-0.15, -0.1) is 0 Å². The second-order valence-electron chi connectivity index (χ2n) is 4.21. The number of nitrogens with one attached hydrogen (secondary N) is 2. The van der Waals surface area contributed by atoms with Crippen molar-refractivity contribution in [1.82, 2.24) is 15.5 Å². The summed E-state index contributed by atoms with van der Waals surface area (Å²) in [7, 11) is 0. The highest BCUT2D eigenvalue weighted by Gasteiger charge is 2.46. The van der Waals surface area contributed by atoms with E-state index < -0.39 is 29.8 Å². The molecule has 104 valence electrons. The summed E-state index contributed by atoms with van der Waals surface area (Å²) in [6, 6.07) is -1.68. The highest BCUT2D eigenvalue weighted by Crippen LogP contribution is 2.27. The van der Waals surface area contributed by atoms with Gasteiger partial charge in [-0.05, 0) is 13.0 Å². The number of amides is 5. The van der Waals surface area contributed by atoms with Crippen LogP contribution in [-0.2, 0) is 14.4 Å². The number of carbonyl (C=O) groups is 4. The van der Waals surface area contributed by atoms with E-state index in [1.165, 1.54) is 18.2 Å². The fourth-order valence-corrected chi connectivity index (χ4v) is 2.15. The molecule has 2 N–H and O–H groups in total. The summed E-state index contributed by atoms with van der Waals surface area (Å²) in [4.78, 5) is 48.1. The third-order valence-electron chi connectivity index (χ3n) is 3.07. The van der Waals surface area contributed by atoms with Crippen molar-refractivity contribution in [3.63, 3.8) is 0 Å². The van der Waals surface area contributed by atoms with Crippen molar-refractivity contribution in [2.75, 3.05) is 6.54 Å². The number of imide groups is 2. The van der Waals surface area contributed by atoms with Gasteiger partial charge in [0.05, 0.1) is 5.57 Å². The number of rotatable bonds is 2. The van der Waals surface area contributed by atoms with E-state index in [2.05, 4.69) is 11.9 Å². The van der Waals surface area contributed by atoms with Crippen LogP contribution in [0.2, 0.25) is 0 Å². The molecule has 2 aliphatic rings. The van der Waals surface area contributed by atoms with Crippen LogP contribution in [0.15, 0.2) is 36.0 Å². The largest absolute Gasteiger partial charge is 0.335 e. The second-order valence-corrected chi connectivity index (χ2v) is 4.21. The van der Waals surface area contributed by atoms with E-state index in [9.17, 15) is 19.2 Å². The van der Waals surface area contributed by atoms with Gasteiger partial charge in [0, 0.05) is 12.1 Å². The molecular formula is C13H13N3O4. The molecule has 0 radical (unpaired) electrons. The first-order chi connectivity index (χ1) is 9.51. The van der Waals surface area contributed by atoms with Gasteiger partial charge in [-0.3, -0.25) is 24.6 Å². The number of hydrogen-bond donors (Lipinski definition) is 2. The van der Waals surface area contributed by atoms with Gasteiger partial charge in [0.15, 0.2) is 0 Å². The van der Waals surface area contributed by atoms with Gasteiger partial charge in [-0.1, -0.05) is 18.7 Å². The average molecular weight is 275 g/mol. The van der Waals surface area contributed by atoms with Crippen LogP contribution in [0.3, 0.4) is 0 Å². The molecule has 1 unspecified atom stereocenters. The summed E-state index contributed by atoms with van der Waals surface area (Å²) in [6.45, 7) is 5.02. The Balaban J connectivity index is 2.38. The topological polar surface area (TPSA) is 95.6 Å². The molecule has 2 aliphatic heterocycles. The third-order valence-corrected chi connectivity index (χ3v) is 3.07. The smallest absolute Gasteiger partial charge is 0.321 e. The normalized spacial score (nSPS) is 27.1. The van der Waals surface area contributed by atoms with Crippen LogP contribution < -0.4 is 10.6 Å². The zero-order valence-corrected chi connectivity index (χ0v) is 10.8. The molecule has 0 aliphatic carbocycles. The fraction of sp³-hybridized carbons (Fsp3) is 0.231. The lowest BCUT2D eigenvalue weighted by Crippen LogP contribution is -2.62. The minimum absolute atomic E-state index is 0.0967. The Morgan fingerprint density at radius 1 is 1.20 bits per heavy atom. The van der Waals surface area contributed by atoms with E-state index in [-0.39, 0.29) is 17.7 Å². The first-order valence-corrected chi connectivity index (χ1v) is 5.97. The van der Waals surface area contributed by atoms with Crippen LogP contribution in [0.1, 0.15) is 6.92 Å².